The molecule has 2 heterocycles. The highest BCUT2D eigenvalue weighted by Crippen LogP contribution is 2.28. The number of aromatic nitrogens is 1. The van der Waals surface area contributed by atoms with Gasteiger partial charge in [0, 0.05) is 36.3 Å². The number of piperidine rings is 1. The summed E-state index contributed by atoms with van der Waals surface area (Å²) in [5, 5.41) is 1.42. The molecule has 128 valence electrons. The molecule has 0 bridgehead atoms. The van der Waals surface area contributed by atoms with Crippen LogP contribution in [0.3, 0.4) is 0 Å². The zero-order valence-corrected chi connectivity index (χ0v) is 14.3. The first-order valence-corrected chi connectivity index (χ1v) is 9.47. The highest BCUT2D eigenvalue weighted by Gasteiger charge is 2.34. The second kappa shape index (κ2) is 6.86. The predicted molar refractivity (Wildman–Crippen MR) is 89.9 cm³/mol. The van der Waals surface area contributed by atoms with Gasteiger partial charge < -0.3 is 4.74 Å². The molecule has 6 nitrogen and oxygen atoms in total. The number of hydrogen-bond donors (Lipinski definition) is 0. The molecule has 2 aromatic rings. The van der Waals surface area contributed by atoms with Crippen LogP contribution in [0.5, 0.6) is 0 Å². The molecule has 3 rings (SSSR count). The zero-order valence-electron chi connectivity index (χ0n) is 13.5. The third-order valence-electron chi connectivity index (χ3n) is 4.26. The second-order valence-corrected chi connectivity index (χ2v) is 7.71. The van der Waals surface area contributed by atoms with Gasteiger partial charge in [0.15, 0.2) is 0 Å². The highest BCUT2D eigenvalue weighted by atomic mass is 32.2. The lowest BCUT2D eigenvalue weighted by atomic mass is 10.0. The van der Waals surface area contributed by atoms with Crippen LogP contribution in [0.1, 0.15) is 19.8 Å². The largest absolute Gasteiger partial charge is 0.466 e. The minimum Gasteiger partial charge on any atom is -0.466 e. The molecule has 0 spiro atoms. The number of hydrogen-bond acceptors (Lipinski definition) is 5. The van der Waals surface area contributed by atoms with E-state index in [1.807, 2.05) is 6.07 Å². The van der Waals surface area contributed by atoms with Gasteiger partial charge in [-0.2, -0.15) is 4.31 Å². The Kier molecular flexibility index (Phi) is 4.82. The van der Waals surface area contributed by atoms with Crippen LogP contribution in [-0.4, -0.2) is 43.4 Å². The summed E-state index contributed by atoms with van der Waals surface area (Å²) in [4.78, 5) is 16.3. The van der Waals surface area contributed by atoms with Crippen molar-refractivity contribution in [3.63, 3.8) is 0 Å². The molecule has 1 aromatic carbocycles. The summed E-state index contributed by atoms with van der Waals surface area (Å²) in [6, 6.07) is 6.85. The van der Waals surface area contributed by atoms with Crippen LogP contribution in [0.25, 0.3) is 10.8 Å². The lowest BCUT2D eigenvalue weighted by molar-refractivity contribution is -0.149. The van der Waals surface area contributed by atoms with E-state index in [2.05, 4.69) is 4.98 Å². The Hall–Kier alpha value is -1.99. The van der Waals surface area contributed by atoms with Crippen molar-refractivity contribution < 1.29 is 17.9 Å². The maximum Gasteiger partial charge on any atom is 0.310 e. The molecule has 0 aliphatic carbocycles. The summed E-state index contributed by atoms with van der Waals surface area (Å²) < 4.78 is 32.6. The smallest absolute Gasteiger partial charge is 0.310 e. The number of rotatable bonds is 4. The first-order valence-electron chi connectivity index (χ1n) is 8.03. The average Bonchev–Trinajstić information content (AvgIpc) is 2.61. The monoisotopic (exact) mass is 348 g/mol. The minimum absolute atomic E-state index is 0.169. The van der Waals surface area contributed by atoms with E-state index in [1.165, 1.54) is 4.31 Å². The maximum absolute atomic E-state index is 13.1. The topological polar surface area (TPSA) is 76.6 Å². The van der Waals surface area contributed by atoms with E-state index >= 15 is 0 Å². The molecule has 0 radical (unpaired) electrons. The number of esters is 1. The number of benzene rings is 1. The average molecular weight is 348 g/mol. The number of carbonyl (C=O) groups is 1. The van der Waals surface area contributed by atoms with Crippen LogP contribution in [0.4, 0.5) is 0 Å². The van der Waals surface area contributed by atoms with Crippen molar-refractivity contribution in [3.8, 4) is 0 Å². The fraction of sp³-hybridized carbons (Fsp3) is 0.412. The normalized spacial score (nSPS) is 19.3. The number of ether oxygens (including phenoxy) is 1. The van der Waals surface area contributed by atoms with E-state index in [9.17, 15) is 13.2 Å². The van der Waals surface area contributed by atoms with Gasteiger partial charge in [-0.15, -0.1) is 0 Å². The fourth-order valence-corrected chi connectivity index (χ4v) is 4.81. The second-order valence-electron chi connectivity index (χ2n) is 5.81. The molecule has 1 aromatic heterocycles. The van der Waals surface area contributed by atoms with Crippen molar-refractivity contribution >= 4 is 26.8 Å². The van der Waals surface area contributed by atoms with Crippen LogP contribution in [0.15, 0.2) is 41.6 Å². The van der Waals surface area contributed by atoms with E-state index in [0.717, 1.165) is 5.39 Å². The zero-order chi connectivity index (χ0) is 17.2. The number of fused-ring (bicyclic) bond motifs is 1. The fourth-order valence-electron chi connectivity index (χ4n) is 3.07. The lowest BCUT2D eigenvalue weighted by Gasteiger charge is -2.31. The Bertz CT molecular complexity index is 845. The Labute approximate surface area is 141 Å². The van der Waals surface area contributed by atoms with Gasteiger partial charge in [-0.3, -0.25) is 9.78 Å². The number of sulfonamides is 1. The summed E-state index contributed by atoms with van der Waals surface area (Å²) >= 11 is 0. The highest BCUT2D eigenvalue weighted by molar-refractivity contribution is 7.89. The van der Waals surface area contributed by atoms with Crippen LogP contribution < -0.4 is 0 Å². The van der Waals surface area contributed by atoms with Crippen molar-refractivity contribution in [1.82, 2.24) is 9.29 Å². The molecule has 1 aliphatic rings. The van der Waals surface area contributed by atoms with Crippen molar-refractivity contribution in [2.75, 3.05) is 19.7 Å². The van der Waals surface area contributed by atoms with Crippen molar-refractivity contribution in [2.45, 2.75) is 24.7 Å². The van der Waals surface area contributed by atoms with Gasteiger partial charge in [-0.05, 0) is 31.9 Å². The molecular formula is C17H20N2O4S. The third kappa shape index (κ3) is 3.14. The van der Waals surface area contributed by atoms with Crippen LogP contribution in [-0.2, 0) is 19.6 Å². The molecule has 0 N–H and O–H groups in total. The summed E-state index contributed by atoms with van der Waals surface area (Å²) in [5.74, 6) is -0.718. The molecule has 0 saturated carbocycles. The molecule has 1 aliphatic heterocycles. The molecule has 1 atom stereocenters. The molecule has 1 unspecified atom stereocenters. The standard InChI is InChI=1S/C17H20N2O4S/c1-2-23-17(20)14-6-4-10-19(12-14)24(21,22)16-7-3-5-13-11-18-9-8-15(13)16/h3,5,7-9,11,14H,2,4,6,10,12H2,1H3. The number of carbonyl (C=O) groups excluding carboxylic acids is 1. The molecule has 7 heteroatoms. The Morgan fingerprint density at radius 2 is 2.21 bits per heavy atom. The third-order valence-corrected chi connectivity index (χ3v) is 6.19. The van der Waals surface area contributed by atoms with Crippen LogP contribution in [0, 0.1) is 5.92 Å². The minimum atomic E-state index is -3.67. The van der Waals surface area contributed by atoms with Gasteiger partial charge in [0.2, 0.25) is 10.0 Å². The molecule has 24 heavy (non-hydrogen) atoms. The van der Waals surface area contributed by atoms with Crippen LogP contribution in [0.2, 0.25) is 0 Å². The van der Waals surface area contributed by atoms with E-state index in [4.69, 9.17) is 4.74 Å². The Morgan fingerprint density at radius 1 is 1.38 bits per heavy atom. The molecule has 1 saturated heterocycles. The van der Waals surface area contributed by atoms with Gasteiger partial charge in [0.05, 0.1) is 17.4 Å². The van der Waals surface area contributed by atoms with Gasteiger partial charge >= 0.3 is 5.97 Å². The Morgan fingerprint density at radius 3 is 3.00 bits per heavy atom. The van der Waals surface area contributed by atoms with E-state index in [-0.39, 0.29) is 17.4 Å². The number of pyridine rings is 1. The SMILES string of the molecule is CCOC(=O)C1CCCN(S(=O)(=O)c2cccc3cnccc23)C1. The van der Waals surface area contributed by atoms with Crippen molar-refractivity contribution in [3.05, 3.63) is 36.7 Å². The molecular weight excluding hydrogens is 328 g/mol. The van der Waals surface area contributed by atoms with Crippen LogP contribution >= 0.6 is 0 Å². The van der Waals surface area contributed by atoms with Crippen molar-refractivity contribution in [2.24, 2.45) is 5.92 Å². The number of nitrogens with zero attached hydrogens (tertiary/aromatic N) is 2. The maximum atomic E-state index is 13.1. The van der Waals surface area contributed by atoms with E-state index < -0.39 is 15.9 Å². The van der Waals surface area contributed by atoms with E-state index in [1.54, 1.807) is 37.5 Å². The summed E-state index contributed by atoms with van der Waals surface area (Å²) in [6.07, 6.45) is 4.53. The molecule has 0 amide bonds. The summed E-state index contributed by atoms with van der Waals surface area (Å²) in [6.45, 7) is 2.64. The van der Waals surface area contributed by atoms with Gasteiger partial charge in [-0.25, -0.2) is 8.42 Å². The summed E-state index contributed by atoms with van der Waals surface area (Å²) in [7, 11) is -3.67. The molecule has 1 fully saturated rings. The quantitative estimate of drug-likeness (QED) is 0.792. The first-order chi connectivity index (χ1) is 11.5. The summed E-state index contributed by atoms with van der Waals surface area (Å²) in [5.41, 5.74) is 0. The van der Waals surface area contributed by atoms with Gasteiger partial charge in [-0.1, -0.05) is 12.1 Å². The van der Waals surface area contributed by atoms with Gasteiger partial charge in [0.25, 0.3) is 0 Å². The van der Waals surface area contributed by atoms with E-state index in [0.29, 0.717) is 31.4 Å². The van der Waals surface area contributed by atoms with Gasteiger partial charge in [0.1, 0.15) is 0 Å². The van der Waals surface area contributed by atoms with Crippen molar-refractivity contribution in [1.29, 1.82) is 0 Å². The predicted octanol–water partition coefficient (Wildman–Crippen LogP) is 2.20. The first kappa shape index (κ1) is 16.9. The lowest BCUT2D eigenvalue weighted by Crippen LogP contribution is -2.42. The Balaban J connectivity index is 1.93.